The number of rotatable bonds is 8. The first-order valence-corrected chi connectivity index (χ1v) is 14.6. The number of carbonyl (C=O) groups is 1. The molecule has 4 heterocycles. The number of likely N-dealkylation sites (tertiary alicyclic amines) is 2. The maximum Gasteiger partial charge on any atom is 0.407 e. The van der Waals surface area contributed by atoms with Gasteiger partial charge in [0.05, 0.1) is 10.9 Å². The molecule has 2 aliphatic rings. The zero-order chi connectivity index (χ0) is 30.0. The van der Waals surface area contributed by atoms with Gasteiger partial charge in [0.15, 0.2) is 0 Å². The van der Waals surface area contributed by atoms with Gasteiger partial charge < -0.3 is 25.2 Å². The molecule has 2 saturated heterocycles. The Balaban J connectivity index is 1.29. The average Bonchev–Trinajstić information content (AvgIpc) is 2.97. The van der Waals surface area contributed by atoms with E-state index in [0.29, 0.717) is 28.5 Å². The molecule has 226 valence electrons. The Morgan fingerprint density at radius 3 is 2.52 bits per heavy atom. The first kappa shape index (κ1) is 29.8. The van der Waals surface area contributed by atoms with Crippen molar-refractivity contribution in [3.8, 4) is 0 Å². The van der Waals surface area contributed by atoms with Crippen LogP contribution in [-0.2, 0) is 12.3 Å². The second-order valence-electron chi connectivity index (χ2n) is 11.6. The number of aromatic amines is 1. The van der Waals surface area contributed by atoms with E-state index >= 15 is 13.2 Å². The summed E-state index contributed by atoms with van der Waals surface area (Å²) < 4.78 is 46.2. The Bertz CT molecular complexity index is 1480. The largest absolute Gasteiger partial charge is 0.465 e. The zero-order valence-corrected chi connectivity index (χ0v) is 23.9. The Morgan fingerprint density at radius 1 is 1.14 bits per heavy atom. The third-order valence-electron chi connectivity index (χ3n) is 8.78. The number of nitrogens with one attached hydrogen (secondary N) is 2. The second-order valence-corrected chi connectivity index (χ2v) is 11.6. The molecule has 0 radical (unpaired) electrons. The molecule has 42 heavy (non-hydrogen) atoms. The van der Waals surface area contributed by atoms with E-state index < -0.39 is 29.3 Å². The second kappa shape index (κ2) is 12.3. The Kier molecular flexibility index (Phi) is 8.72. The van der Waals surface area contributed by atoms with Gasteiger partial charge in [0.2, 0.25) is 0 Å². The van der Waals surface area contributed by atoms with Gasteiger partial charge in [0.1, 0.15) is 23.6 Å². The molecule has 0 aliphatic carbocycles. The number of halogens is 3. The van der Waals surface area contributed by atoms with Crippen LogP contribution < -0.4 is 10.9 Å². The standard InChI is InChI=1S/C30H37F3N6O3/c1-18(2)38-12-7-19(8-13-38)22-16-23-26(35-17-36-27(23)37-28(22)40)34-11-6-20-4-3-5-24(25(20)31)30(32,33)21-9-14-39(15-10-21)29(41)42/h3-5,16-19,21H,6-15H2,1-2H3,(H,41,42)(H2,34,35,36,37,40). The van der Waals surface area contributed by atoms with Crippen molar-refractivity contribution in [3.05, 3.63) is 63.5 Å². The molecule has 0 atom stereocenters. The number of hydrogen-bond acceptors (Lipinski definition) is 6. The number of alkyl halides is 2. The van der Waals surface area contributed by atoms with Gasteiger partial charge in [-0.2, -0.15) is 0 Å². The normalized spacial score (nSPS) is 17.7. The molecular weight excluding hydrogens is 549 g/mol. The van der Waals surface area contributed by atoms with Crippen LogP contribution >= 0.6 is 0 Å². The lowest BCUT2D eigenvalue weighted by Gasteiger charge is -2.35. The summed E-state index contributed by atoms with van der Waals surface area (Å²) in [6, 6.07) is 6.32. The number of aromatic nitrogens is 3. The SMILES string of the molecule is CC(C)N1CCC(c2cc3c(NCCc4cccc(C(F)(F)C5CCN(C(=O)O)CC5)c4F)ncnc3[nH]c2=O)CC1. The van der Waals surface area contributed by atoms with Crippen LogP contribution in [0.3, 0.4) is 0 Å². The molecule has 0 bridgehead atoms. The van der Waals surface area contributed by atoms with E-state index in [9.17, 15) is 9.59 Å². The predicted molar refractivity (Wildman–Crippen MR) is 154 cm³/mol. The van der Waals surface area contributed by atoms with Crippen LogP contribution in [0.1, 0.15) is 62.1 Å². The highest BCUT2D eigenvalue weighted by atomic mass is 19.3. The minimum absolute atomic E-state index is 0.00216. The molecule has 0 spiro atoms. The van der Waals surface area contributed by atoms with E-state index in [0.717, 1.165) is 36.9 Å². The van der Waals surface area contributed by atoms with Crippen molar-refractivity contribution >= 4 is 22.9 Å². The van der Waals surface area contributed by atoms with Crippen molar-refractivity contribution in [2.75, 3.05) is 38.0 Å². The van der Waals surface area contributed by atoms with Crippen molar-refractivity contribution < 1.29 is 23.1 Å². The summed E-state index contributed by atoms with van der Waals surface area (Å²) >= 11 is 0. The number of nitrogens with zero attached hydrogens (tertiary/aromatic N) is 4. The Morgan fingerprint density at radius 2 is 1.86 bits per heavy atom. The maximum absolute atomic E-state index is 15.4. The molecule has 0 saturated carbocycles. The summed E-state index contributed by atoms with van der Waals surface area (Å²) in [5.41, 5.74) is 0.407. The van der Waals surface area contributed by atoms with Crippen molar-refractivity contribution in [2.45, 2.75) is 63.8 Å². The van der Waals surface area contributed by atoms with Gasteiger partial charge in [-0.05, 0) is 76.6 Å². The fraction of sp³-hybridized carbons (Fsp3) is 0.533. The van der Waals surface area contributed by atoms with Crippen LogP contribution in [0.2, 0.25) is 0 Å². The lowest BCUT2D eigenvalue weighted by Crippen LogP contribution is -2.42. The highest BCUT2D eigenvalue weighted by Crippen LogP contribution is 2.43. The van der Waals surface area contributed by atoms with Crippen LogP contribution in [0.4, 0.5) is 23.8 Å². The molecule has 5 rings (SSSR count). The van der Waals surface area contributed by atoms with Gasteiger partial charge in [-0.25, -0.2) is 27.9 Å². The first-order chi connectivity index (χ1) is 20.1. The fourth-order valence-corrected chi connectivity index (χ4v) is 6.20. The highest BCUT2D eigenvalue weighted by molar-refractivity contribution is 5.86. The number of anilines is 1. The van der Waals surface area contributed by atoms with E-state index in [1.165, 1.54) is 18.5 Å². The lowest BCUT2D eigenvalue weighted by molar-refractivity contribution is -0.0861. The lowest BCUT2D eigenvalue weighted by atomic mass is 9.85. The molecule has 2 fully saturated rings. The third kappa shape index (κ3) is 6.08. The minimum Gasteiger partial charge on any atom is -0.465 e. The van der Waals surface area contributed by atoms with E-state index in [4.69, 9.17) is 5.11 Å². The molecule has 12 heteroatoms. The number of benzene rings is 1. The number of hydrogen-bond donors (Lipinski definition) is 3. The molecule has 0 unspecified atom stereocenters. The van der Waals surface area contributed by atoms with E-state index in [1.54, 1.807) is 0 Å². The van der Waals surface area contributed by atoms with Crippen LogP contribution in [-0.4, -0.2) is 74.7 Å². The highest BCUT2D eigenvalue weighted by Gasteiger charge is 2.45. The van der Waals surface area contributed by atoms with Crippen molar-refractivity contribution in [1.82, 2.24) is 24.8 Å². The monoisotopic (exact) mass is 586 g/mol. The molecule has 1 aromatic carbocycles. The summed E-state index contributed by atoms with van der Waals surface area (Å²) in [6.07, 6.45) is 2.01. The average molecular weight is 587 g/mol. The van der Waals surface area contributed by atoms with E-state index in [2.05, 4.69) is 39.0 Å². The number of carboxylic acid groups (broad SMARTS) is 1. The topological polar surface area (TPSA) is 114 Å². The van der Waals surface area contributed by atoms with Crippen molar-refractivity contribution in [1.29, 1.82) is 0 Å². The summed E-state index contributed by atoms with van der Waals surface area (Å²) in [5.74, 6) is -4.91. The minimum atomic E-state index is -3.42. The summed E-state index contributed by atoms with van der Waals surface area (Å²) in [4.78, 5) is 38.9. The van der Waals surface area contributed by atoms with Gasteiger partial charge in [-0.3, -0.25) is 4.79 Å². The number of fused-ring (bicyclic) bond motifs is 1. The molecule has 2 aliphatic heterocycles. The number of pyridine rings is 1. The number of piperidine rings is 2. The summed E-state index contributed by atoms with van der Waals surface area (Å²) in [7, 11) is 0. The van der Waals surface area contributed by atoms with Crippen LogP contribution in [0.15, 0.2) is 35.4 Å². The molecule has 3 aromatic rings. The Labute approximate surface area is 242 Å². The zero-order valence-electron chi connectivity index (χ0n) is 23.9. The number of H-pyrrole nitrogens is 1. The van der Waals surface area contributed by atoms with Gasteiger partial charge in [0.25, 0.3) is 11.5 Å². The third-order valence-corrected chi connectivity index (χ3v) is 8.78. The van der Waals surface area contributed by atoms with E-state index in [1.807, 2.05) is 6.07 Å². The van der Waals surface area contributed by atoms with Crippen molar-refractivity contribution in [2.24, 2.45) is 5.92 Å². The van der Waals surface area contributed by atoms with Crippen LogP contribution in [0, 0.1) is 11.7 Å². The quantitative estimate of drug-likeness (QED) is 0.333. The van der Waals surface area contributed by atoms with Gasteiger partial charge in [0, 0.05) is 37.2 Å². The van der Waals surface area contributed by atoms with Crippen LogP contribution in [0.25, 0.3) is 11.0 Å². The fourth-order valence-electron chi connectivity index (χ4n) is 6.20. The summed E-state index contributed by atoms with van der Waals surface area (Å²) in [5, 5.41) is 12.9. The molecule has 2 aromatic heterocycles. The number of amides is 1. The molecule has 9 nitrogen and oxygen atoms in total. The van der Waals surface area contributed by atoms with E-state index in [-0.39, 0.29) is 55.9 Å². The summed E-state index contributed by atoms with van der Waals surface area (Å²) in [6.45, 7) is 6.38. The molecule has 1 amide bonds. The van der Waals surface area contributed by atoms with Crippen molar-refractivity contribution in [3.63, 3.8) is 0 Å². The molecular formula is C30H37F3N6O3. The van der Waals surface area contributed by atoms with Gasteiger partial charge >= 0.3 is 6.09 Å². The Hall–Kier alpha value is -3.67. The maximum atomic E-state index is 15.4. The first-order valence-electron chi connectivity index (χ1n) is 14.6. The van der Waals surface area contributed by atoms with Crippen LogP contribution in [0.5, 0.6) is 0 Å². The smallest absolute Gasteiger partial charge is 0.407 e. The van der Waals surface area contributed by atoms with Gasteiger partial charge in [-0.1, -0.05) is 18.2 Å². The van der Waals surface area contributed by atoms with Gasteiger partial charge in [-0.15, -0.1) is 0 Å². The predicted octanol–water partition coefficient (Wildman–Crippen LogP) is 5.18. The molecule has 3 N–H and O–H groups in total.